The number of carbonyl (C=O) groups excluding carboxylic acids is 1. The van der Waals surface area contributed by atoms with E-state index in [0.29, 0.717) is 18.1 Å². The van der Waals surface area contributed by atoms with Crippen molar-refractivity contribution in [1.29, 1.82) is 0 Å². The van der Waals surface area contributed by atoms with Crippen LogP contribution in [0.5, 0.6) is 0 Å². The third-order valence-corrected chi connectivity index (χ3v) is 4.20. The van der Waals surface area contributed by atoms with Gasteiger partial charge in [0.05, 0.1) is 6.20 Å². The number of hydrogen-bond donors (Lipinski definition) is 0. The smallest absolute Gasteiger partial charge is 0.136 e. The van der Waals surface area contributed by atoms with E-state index < -0.39 is 0 Å². The first-order chi connectivity index (χ1) is 7.75. The molecule has 1 aromatic rings. The summed E-state index contributed by atoms with van der Waals surface area (Å²) in [7, 11) is 1.91. The highest BCUT2D eigenvalue weighted by Crippen LogP contribution is 2.58. The van der Waals surface area contributed by atoms with Crippen molar-refractivity contribution in [3.8, 4) is 0 Å². The van der Waals surface area contributed by atoms with Gasteiger partial charge in [0, 0.05) is 25.6 Å². The van der Waals surface area contributed by atoms with Gasteiger partial charge in [-0.2, -0.15) is 5.10 Å². The van der Waals surface area contributed by atoms with Crippen molar-refractivity contribution >= 4 is 5.78 Å². The van der Waals surface area contributed by atoms with Crippen LogP contribution in [0.15, 0.2) is 12.4 Å². The minimum Gasteiger partial charge on any atom is -0.299 e. The van der Waals surface area contributed by atoms with Gasteiger partial charge in [-0.25, -0.2) is 0 Å². The molecule has 2 saturated carbocycles. The Morgan fingerprint density at radius 2 is 2.25 bits per heavy atom. The lowest BCUT2D eigenvalue weighted by molar-refractivity contribution is -0.120. The van der Waals surface area contributed by atoms with Gasteiger partial charge in [0.2, 0.25) is 0 Å². The first kappa shape index (κ1) is 10.1. The van der Waals surface area contributed by atoms with E-state index in [-0.39, 0.29) is 0 Å². The second-order valence-corrected chi connectivity index (χ2v) is 5.27. The van der Waals surface area contributed by atoms with Crippen LogP contribution in [0.1, 0.15) is 31.2 Å². The van der Waals surface area contributed by atoms with Gasteiger partial charge in [0.1, 0.15) is 5.78 Å². The summed E-state index contributed by atoms with van der Waals surface area (Å²) in [5.41, 5.74) is 1.18. The maximum Gasteiger partial charge on any atom is 0.136 e. The maximum atomic E-state index is 12.0. The number of hydrogen-bond acceptors (Lipinski definition) is 2. The minimum absolute atomic E-state index is 0.436. The Morgan fingerprint density at radius 1 is 1.50 bits per heavy atom. The molecule has 0 aliphatic heterocycles. The van der Waals surface area contributed by atoms with E-state index in [4.69, 9.17) is 0 Å². The summed E-state index contributed by atoms with van der Waals surface area (Å²) in [6.07, 6.45) is 9.39. The second kappa shape index (κ2) is 3.72. The van der Waals surface area contributed by atoms with Crippen LogP contribution in [0.2, 0.25) is 0 Å². The largest absolute Gasteiger partial charge is 0.299 e. The summed E-state index contributed by atoms with van der Waals surface area (Å²) in [5, 5.41) is 4.12. The Labute approximate surface area is 95.8 Å². The molecule has 3 rings (SSSR count). The lowest BCUT2D eigenvalue weighted by Crippen LogP contribution is -2.06. The van der Waals surface area contributed by atoms with Crippen molar-refractivity contribution in [2.45, 2.75) is 32.1 Å². The number of aromatic nitrogens is 2. The molecule has 1 heterocycles. The predicted octanol–water partition coefficient (Wildman–Crippen LogP) is 1.97. The van der Waals surface area contributed by atoms with Gasteiger partial charge in [-0.05, 0) is 36.7 Å². The quantitative estimate of drug-likeness (QED) is 0.774. The van der Waals surface area contributed by atoms with E-state index in [1.165, 1.54) is 24.8 Å². The molecule has 2 fully saturated rings. The van der Waals surface area contributed by atoms with Crippen LogP contribution < -0.4 is 0 Å². The van der Waals surface area contributed by atoms with Crippen LogP contribution in [0.4, 0.5) is 0 Å². The van der Waals surface area contributed by atoms with Gasteiger partial charge >= 0.3 is 0 Å². The van der Waals surface area contributed by atoms with Gasteiger partial charge in [-0.1, -0.05) is 6.42 Å². The normalized spacial score (nSPS) is 31.4. The highest BCUT2D eigenvalue weighted by atomic mass is 16.1. The Hall–Kier alpha value is -1.12. The molecular weight excluding hydrogens is 200 g/mol. The molecule has 0 radical (unpaired) electrons. The predicted molar refractivity (Wildman–Crippen MR) is 60.9 cm³/mol. The van der Waals surface area contributed by atoms with Crippen LogP contribution in [0.25, 0.3) is 0 Å². The first-order valence-corrected chi connectivity index (χ1v) is 6.26. The van der Waals surface area contributed by atoms with Gasteiger partial charge in [-0.15, -0.1) is 0 Å². The Kier molecular flexibility index (Phi) is 2.34. The SMILES string of the molecule is Cn1cc(CCC(=O)C2C3CCCC32)cn1. The van der Waals surface area contributed by atoms with Crippen molar-refractivity contribution < 1.29 is 4.79 Å². The van der Waals surface area contributed by atoms with Crippen LogP contribution in [0.3, 0.4) is 0 Å². The van der Waals surface area contributed by atoms with Gasteiger partial charge < -0.3 is 0 Å². The molecule has 3 heteroatoms. The molecule has 0 aromatic carbocycles. The van der Waals surface area contributed by atoms with Crippen molar-refractivity contribution in [2.75, 3.05) is 0 Å². The number of fused-ring (bicyclic) bond motifs is 1. The molecule has 86 valence electrons. The third-order valence-electron chi connectivity index (χ3n) is 4.20. The fourth-order valence-corrected chi connectivity index (χ4v) is 3.33. The summed E-state index contributed by atoms with van der Waals surface area (Å²) in [5.74, 6) is 2.46. The highest BCUT2D eigenvalue weighted by molar-refractivity contribution is 5.84. The molecule has 3 nitrogen and oxygen atoms in total. The van der Waals surface area contributed by atoms with E-state index in [9.17, 15) is 4.79 Å². The van der Waals surface area contributed by atoms with Crippen LogP contribution in [-0.2, 0) is 18.3 Å². The number of ketones is 1. The zero-order valence-electron chi connectivity index (χ0n) is 9.72. The molecule has 0 amide bonds. The molecule has 16 heavy (non-hydrogen) atoms. The van der Waals surface area contributed by atoms with Crippen LogP contribution >= 0.6 is 0 Å². The van der Waals surface area contributed by atoms with Crippen LogP contribution in [-0.4, -0.2) is 15.6 Å². The molecule has 0 N–H and O–H groups in total. The summed E-state index contributed by atoms with van der Waals surface area (Å²) < 4.78 is 1.80. The molecular formula is C13H18N2O. The standard InChI is InChI=1S/C13H18N2O/c1-15-8-9(7-14-15)5-6-12(16)13-10-3-2-4-11(10)13/h7-8,10-11,13H,2-6H2,1H3. The number of aryl methyl sites for hydroxylation is 2. The summed E-state index contributed by atoms with van der Waals surface area (Å²) in [6.45, 7) is 0. The molecule has 2 atom stereocenters. The van der Waals surface area contributed by atoms with Crippen molar-refractivity contribution in [2.24, 2.45) is 24.8 Å². The minimum atomic E-state index is 0.436. The average molecular weight is 218 g/mol. The Balaban J connectivity index is 1.51. The number of nitrogens with zero attached hydrogens (tertiary/aromatic N) is 2. The highest BCUT2D eigenvalue weighted by Gasteiger charge is 2.55. The van der Waals surface area contributed by atoms with E-state index in [1.807, 2.05) is 19.4 Å². The molecule has 0 saturated heterocycles. The monoisotopic (exact) mass is 218 g/mol. The summed E-state index contributed by atoms with van der Waals surface area (Å²) >= 11 is 0. The summed E-state index contributed by atoms with van der Waals surface area (Å²) in [4.78, 5) is 12.0. The summed E-state index contributed by atoms with van der Waals surface area (Å²) in [6, 6.07) is 0. The fraction of sp³-hybridized carbons (Fsp3) is 0.692. The fourth-order valence-electron chi connectivity index (χ4n) is 3.33. The first-order valence-electron chi connectivity index (χ1n) is 6.26. The van der Waals surface area contributed by atoms with E-state index in [0.717, 1.165) is 18.3 Å². The molecule has 2 unspecified atom stereocenters. The zero-order chi connectivity index (χ0) is 11.1. The molecule has 0 spiro atoms. The van der Waals surface area contributed by atoms with Crippen LogP contribution in [0, 0.1) is 17.8 Å². The zero-order valence-corrected chi connectivity index (χ0v) is 9.72. The molecule has 0 bridgehead atoms. The second-order valence-electron chi connectivity index (χ2n) is 5.27. The van der Waals surface area contributed by atoms with Crippen molar-refractivity contribution in [3.63, 3.8) is 0 Å². The van der Waals surface area contributed by atoms with E-state index in [2.05, 4.69) is 5.10 Å². The number of carbonyl (C=O) groups is 1. The average Bonchev–Trinajstić information content (AvgIpc) is 2.68. The number of Topliss-reactive ketones (excluding diaryl/α,β-unsaturated/α-hetero) is 1. The molecule has 2 aliphatic rings. The lowest BCUT2D eigenvalue weighted by atomic mass is 10.0. The lowest BCUT2D eigenvalue weighted by Gasteiger charge is -2.01. The Morgan fingerprint density at radius 3 is 2.88 bits per heavy atom. The van der Waals surface area contributed by atoms with E-state index >= 15 is 0 Å². The Bertz CT molecular complexity index is 400. The van der Waals surface area contributed by atoms with E-state index in [1.54, 1.807) is 4.68 Å². The molecule has 1 aromatic heterocycles. The topological polar surface area (TPSA) is 34.9 Å². The van der Waals surface area contributed by atoms with Gasteiger partial charge in [0.15, 0.2) is 0 Å². The van der Waals surface area contributed by atoms with Gasteiger partial charge in [-0.3, -0.25) is 9.48 Å². The maximum absolute atomic E-state index is 12.0. The third kappa shape index (κ3) is 1.68. The van der Waals surface area contributed by atoms with Crippen molar-refractivity contribution in [1.82, 2.24) is 9.78 Å². The molecule has 2 aliphatic carbocycles. The van der Waals surface area contributed by atoms with Crippen molar-refractivity contribution in [3.05, 3.63) is 18.0 Å². The van der Waals surface area contributed by atoms with Gasteiger partial charge in [0.25, 0.3) is 0 Å². The number of rotatable bonds is 4.